The maximum absolute atomic E-state index is 12.8. The Hall–Kier alpha value is -2.92. The molecule has 0 aliphatic carbocycles. The number of hydrogen-bond acceptors (Lipinski definition) is 5. The van der Waals surface area contributed by atoms with Crippen LogP contribution in [0.2, 0.25) is 0 Å². The van der Waals surface area contributed by atoms with Crippen LogP contribution in [0.1, 0.15) is 290 Å². The highest BCUT2D eigenvalue weighted by Crippen LogP contribution is 2.16. The summed E-state index contributed by atoms with van der Waals surface area (Å²) in [4.78, 5) is 25.5. The molecule has 0 N–H and O–H groups in total. The van der Waals surface area contributed by atoms with Crippen LogP contribution in [0.25, 0.3) is 0 Å². The maximum atomic E-state index is 12.8. The molecule has 0 saturated heterocycles. The van der Waals surface area contributed by atoms with Gasteiger partial charge in [-0.2, -0.15) is 0 Å². The molecule has 5 nitrogen and oxygen atoms in total. The molecule has 0 radical (unpaired) electrons. The van der Waals surface area contributed by atoms with Crippen molar-refractivity contribution in [2.45, 2.75) is 297 Å². The molecule has 5 heteroatoms. The van der Waals surface area contributed by atoms with Crippen molar-refractivity contribution in [3.8, 4) is 0 Å². The summed E-state index contributed by atoms with van der Waals surface area (Å²) >= 11 is 0. The summed E-state index contributed by atoms with van der Waals surface area (Å²) in [6.07, 6.45) is 80.7. The summed E-state index contributed by atoms with van der Waals surface area (Å²) in [7, 11) is 0. The summed E-state index contributed by atoms with van der Waals surface area (Å²) in [6.45, 7) is 7.62. The lowest BCUT2D eigenvalue weighted by atomic mass is 10.0. The summed E-state index contributed by atoms with van der Waals surface area (Å²) in [5, 5.41) is 0. The number of hydrogen-bond donors (Lipinski definition) is 0. The van der Waals surface area contributed by atoms with Crippen molar-refractivity contribution >= 4 is 11.9 Å². The van der Waals surface area contributed by atoms with Crippen molar-refractivity contribution < 1.29 is 23.8 Å². The average Bonchev–Trinajstić information content (AvgIpc) is 3.36. The second kappa shape index (κ2) is 60.4. The van der Waals surface area contributed by atoms with Crippen LogP contribution in [-0.2, 0) is 23.8 Å². The number of carbonyl (C=O) groups is 2. The van der Waals surface area contributed by atoms with Crippen molar-refractivity contribution in [2.75, 3.05) is 19.8 Å². The minimum atomic E-state index is -0.595. The van der Waals surface area contributed by atoms with Gasteiger partial charge < -0.3 is 14.2 Å². The van der Waals surface area contributed by atoms with Crippen molar-refractivity contribution in [1.29, 1.82) is 0 Å². The van der Waals surface area contributed by atoms with Gasteiger partial charge in [-0.25, -0.2) is 0 Å². The van der Waals surface area contributed by atoms with Crippen LogP contribution in [0.5, 0.6) is 0 Å². The van der Waals surface area contributed by atoms with Crippen LogP contribution in [0, 0.1) is 0 Å². The SMILES string of the molecule is CC/C=C\C/C=C\C/C=C\C/C=C\C/C=C\CC(=O)OC(COCCCCCCCCCCCCCCCCCCCCCC)COC(=O)CCCCCCCCCCC/C=C\C/C=C\CCCCC. The lowest BCUT2D eigenvalue weighted by Gasteiger charge is -2.18. The zero-order chi connectivity index (χ0) is 50.6. The van der Waals surface area contributed by atoms with E-state index < -0.39 is 6.10 Å². The van der Waals surface area contributed by atoms with Gasteiger partial charge in [0.2, 0.25) is 0 Å². The molecule has 0 bridgehead atoms. The normalized spacial score (nSPS) is 12.8. The second-order valence-corrected chi connectivity index (χ2v) is 19.9. The third-order valence-corrected chi connectivity index (χ3v) is 12.9. The van der Waals surface area contributed by atoms with Crippen molar-refractivity contribution in [3.05, 3.63) is 85.1 Å². The number of rotatable bonds is 55. The lowest BCUT2D eigenvalue weighted by Crippen LogP contribution is -2.29. The van der Waals surface area contributed by atoms with Crippen LogP contribution in [0.15, 0.2) is 85.1 Å². The fourth-order valence-electron chi connectivity index (χ4n) is 8.50. The first kappa shape index (κ1) is 67.1. The van der Waals surface area contributed by atoms with E-state index in [4.69, 9.17) is 14.2 Å². The Morgan fingerprint density at radius 3 is 1.13 bits per heavy atom. The zero-order valence-electron chi connectivity index (χ0n) is 46.5. The van der Waals surface area contributed by atoms with Crippen molar-refractivity contribution in [1.82, 2.24) is 0 Å². The van der Waals surface area contributed by atoms with E-state index in [-0.39, 0.29) is 31.6 Å². The topological polar surface area (TPSA) is 61.8 Å². The Bertz CT molecular complexity index is 1290. The van der Waals surface area contributed by atoms with E-state index in [0.717, 1.165) is 70.6 Å². The van der Waals surface area contributed by atoms with Gasteiger partial charge in [0.1, 0.15) is 6.61 Å². The van der Waals surface area contributed by atoms with E-state index in [1.54, 1.807) is 0 Å². The average molecular weight is 976 g/mol. The van der Waals surface area contributed by atoms with Crippen molar-refractivity contribution in [3.63, 3.8) is 0 Å². The molecule has 0 aromatic heterocycles. The first-order valence-corrected chi connectivity index (χ1v) is 30.1. The number of esters is 2. The fraction of sp³-hybridized carbons (Fsp3) is 0.754. The molecule has 404 valence electrons. The van der Waals surface area contributed by atoms with E-state index in [0.29, 0.717) is 13.0 Å². The monoisotopic (exact) mass is 975 g/mol. The number of ether oxygens (including phenoxy) is 3. The summed E-state index contributed by atoms with van der Waals surface area (Å²) < 4.78 is 17.4. The number of carbonyl (C=O) groups excluding carboxylic acids is 2. The van der Waals surface area contributed by atoms with Crippen LogP contribution in [-0.4, -0.2) is 37.9 Å². The smallest absolute Gasteiger partial charge is 0.310 e. The Morgan fingerprint density at radius 1 is 0.343 bits per heavy atom. The Labute approximate surface area is 435 Å². The van der Waals surface area contributed by atoms with Gasteiger partial charge in [0.15, 0.2) is 6.10 Å². The first-order chi connectivity index (χ1) is 34.6. The van der Waals surface area contributed by atoms with Gasteiger partial charge in [0, 0.05) is 13.0 Å². The Kier molecular flexibility index (Phi) is 57.9. The van der Waals surface area contributed by atoms with Crippen LogP contribution in [0.3, 0.4) is 0 Å². The molecule has 0 aromatic carbocycles. The molecule has 0 aliphatic rings. The molecule has 0 aliphatic heterocycles. The molecule has 0 aromatic rings. The largest absolute Gasteiger partial charge is 0.462 e. The first-order valence-electron chi connectivity index (χ1n) is 30.1. The molecule has 0 rings (SSSR count). The molecule has 0 spiro atoms. The van der Waals surface area contributed by atoms with Gasteiger partial charge in [-0.15, -0.1) is 0 Å². The van der Waals surface area contributed by atoms with Crippen LogP contribution < -0.4 is 0 Å². The summed E-state index contributed by atoms with van der Waals surface area (Å²) in [5.74, 6) is -0.539. The molecule has 0 fully saturated rings. The molecule has 1 atom stereocenters. The van der Waals surface area contributed by atoms with Gasteiger partial charge in [0.05, 0.1) is 13.0 Å². The summed E-state index contributed by atoms with van der Waals surface area (Å²) in [5.41, 5.74) is 0. The van der Waals surface area contributed by atoms with Crippen molar-refractivity contribution in [2.24, 2.45) is 0 Å². The highest BCUT2D eigenvalue weighted by atomic mass is 16.6. The lowest BCUT2D eigenvalue weighted by molar-refractivity contribution is -0.162. The van der Waals surface area contributed by atoms with Gasteiger partial charge >= 0.3 is 11.9 Å². The van der Waals surface area contributed by atoms with Crippen LogP contribution >= 0.6 is 0 Å². The molecular weight excluding hydrogens is 861 g/mol. The highest BCUT2D eigenvalue weighted by molar-refractivity contribution is 5.71. The zero-order valence-corrected chi connectivity index (χ0v) is 46.5. The Balaban J connectivity index is 4.33. The minimum absolute atomic E-state index is 0.0431. The molecule has 0 amide bonds. The number of unbranched alkanes of at least 4 members (excludes halogenated alkanes) is 31. The fourth-order valence-corrected chi connectivity index (χ4v) is 8.50. The molecule has 1 unspecified atom stereocenters. The van der Waals surface area contributed by atoms with E-state index in [1.807, 2.05) is 12.2 Å². The van der Waals surface area contributed by atoms with E-state index >= 15 is 0 Å². The van der Waals surface area contributed by atoms with E-state index in [2.05, 4.69) is 93.7 Å². The predicted molar refractivity (Wildman–Crippen MR) is 307 cm³/mol. The molecule has 70 heavy (non-hydrogen) atoms. The maximum Gasteiger partial charge on any atom is 0.310 e. The third kappa shape index (κ3) is 57.7. The number of allylic oxidation sites excluding steroid dienone is 13. The predicted octanol–water partition coefficient (Wildman–Crippen LogP) is 20.8. The Morgan fingerprint density at radius 2 is 0.686 bits per heavy atom. The third-order valence-electron chi connectivity index (χ3n) is 12.9. The molecule has 0 heterocycles. The standard InChI is InChI=1S/C65H114O5/c1-4-7-10-13-16-19-22-25-28-30-32-34-36-39-42-45-48-51-54-57-60-68-61-63(70-65(67)59-56-53-50-47-44-41-37-27-24-21-18-15-12-9-6-3)62-69-64(66)58-55-52-49-46-43-40-38-35-33-31-29-26-23-20-17-14-11-8-5-2/h9,12,17-18,20-21,26-27,29,37,44,47,53,56,63H,4-8,10-11,13-16,19,22-25,28,30-36,38-43,45-46,48-52,54-55,57-62H2,1-3H3/b12-9-,20-17-,21-18-,29-26-,37-27-,47-44-,56-53-. The van der Waals surface area contributed by atoms with E-state index in [9.17, 15) is 9.59 Å². The van der Waals surface area contributed by atoms with Gasteiger partial charge in [-0.1, -0.05) is 286 Å². The van der Waals surface area contributed by atoms with Crippen LogP contribution in [0.4, 0.5) is 0 Å². The van der Waals surface area contributed by atoms with E-state index in [1.165, 1.54) is 186 Å². The quantitative estimate of drug-likeness (QED) is 0.0345. The molecule has 0 saturated carbocycles. The molecular formula is C65H114O5. The van der Waals surface area contributed by atoms with Gasteiger partial charge in [-0.05, 0) is 77.0 Å². The summed E-state index contributed by atoms with van der Waals surface area (Å²) in [6, 6.07) is 0. The second-order valence-electron chi connectivity index (χ2n) is 19.9. The van der Waals surface area contributed by atoms with Gasteiger partial charge in [-0.3, -0.25) is 9.59 Å². The highest BCUT2D eigenvalue weighted by Gasteiger charge is 2.17. The minimum Gasteiger partial charge on any atom is -0.462 e. The van der Waals surface area contributed by atoms with Gasteiger partial charge in [0.25, 0.3) is 0 Å².